The fraction of sp³-hybridized carbons (Fsp3) is 0.435. The molecule has 1 aliphatic heterocycles. The first kappa shape index (κ1) is 20.2. The van der Waals surface area contributed by atoms with Gasteiger partial charge >= 0.3 is 0 Å². The summed E-state index contributed by atoms with van der Waals surface area (Å²) in [7, 11) is 1.68. The van der Waals surface area contributed by atoms with Crippen LogP contribution in [0, 0.1) is 0 Å². The summed E-state index contributed by atoms with van der Waals surface area (Å²) in [6.07, 6.45) is 5.54. The van der Waals surface area contributed by atoms with Crippen LogP contribution in [0.5, 0.6) is 0 Å². The molecule has 0 aromatic carbocycles. The zero-order chi connectivity index (χ0) is 21.5. The summed E-state index contributed by atoms with van der Waals surface area (Å²) < 4.78 is 3.55. The molecule has 0 bridgehead atoms. The molecule has 7 nitrogen and oxygen atoms in total. The smallest absolute Gasteiger partial charge is 0.254 e. The Balaban J connectivity index is 1.65. The van der Waals surface area contributed by atoms with Crippen LogP contribution >= 0.6 is 0 Å². The van der Waals surface area contributed by atoms with Gasteiger partial charge in [0.2, 0.25) is 0 Å². The van der Waals surface area contributed by atoms with Crippen molar-refractivity contribution in [3.05, 3.63) is 64.3 Å². The van der Waals surface area contributed by atoms with Crippen molar-refractivity contribution in [2.24, 2.45) is 7.05 Å². The second-order valence-electron chi connectivity index (χ2n) is 9.10. The highest BCUT2D eigenvalue weighted by atomic mass is 16.2. The first-order valence-corrected chi connectivity index (χ1v) is 10.4. The van der Waals surface area contributed by atoms with Crippen molar-refractivity contribution in [2.75, 3.05) is 18.4 Å². The molecule has 7 heteroatoms. The Kier molecular flexibility index (Phi) is 5.13. The van der Waals surface area contributed by atoms with Gasteiger partial charge in [0, 0.05) is 55.6 Å². The van der Waals surface area contributed by atoms with Crippen molar-refractivity contribution in [1.82, 2.24) is 18.9 Å². The molecular weight excluding hydrogens is 378 g/mol. The standard InChI is InChI=1S/C23H29N5O2/c1-23(2,3)25-21-20(24-18-9-5-6-12-28(18)21)17-8-7-11-27(15-17)22(30)16-10-13-26(4)19(29)14-16/h5-6,9-10,12-14,17,25H,7-8,11,15H2,1-4H3. The quantitative estimate of drug-likeness (QED) is 0.723. The highest BCUT2D eigenvalue weighted by Crippen LogP contribution is 2.34. The van der Waals surface area contributed by atoms with Gasteiger partial charge in [-0.15, -0.1) is 0 Å². The van der Waals surface area contributed by atoms with Crippen molar-refractivity contribution in [2.45, 2.75) is 45.1 Å². The molecule has 1 N–H and O–H groups in total. The molecule has 1 fully saturated rings. The highest BCUT2D eigenvalue weighted by molar-refractivity contribution is 5.94. The van der Waals surface area contributed by atoms with Crippen LogP contribution in [-0.2, 0) is 7.05 Å². The summed E-state index contributed by atoms with van der Waals surface area (Å²) in [5.74, 6) is 1.04. The van der Waals surface area contributed by atoms with Crippen molar-refractivity contribution in [3.8, 4) is 0 Å². The molecule has 0 radical (unpaired) electrons. The number of carbonyl (C=O) groups is 1. The van der Waals surface area contributed by atoms with E-state index in [1.54, 1.807) is 19.3 Å². The van der Waals surface area contributed by atoms with E-state index in [1.807, 2.05) is 29.3 Å². The highest BCUT2D eigenvalue weighted by Gasteiger charge is 2.30. The molecule has 0 spiro atoms. The third kappa shape index (κ3) is 3.97. The van der Waals surface area contributed by atoms with E-state index in [2.05, 4.69) is 30.5 Å². The number of aromatic nitrogens is 3. The number of anilines is 1. The Hall–Kier alpha value is -3.09. The van der Waals surface area contributed by atoms with Gasteiger partial charge < -0.3 is 14.8 Å². The summed E-state index contributed by atoms with van der Waals surface area (Å²) >= 11 is 0. The number of hydrogen-bond donors (Lipinski definition) is 1. The normalized spacial score (nSPS) is 17.3. The Bertz CT molecular complexity index is 1140. The zero-order valence-electron chi connectivity index (χ0n) is 18.1. The summed E-state index contributed by atoms with van der Waals surface area (Å²) in [6, 6.07) is 9.12. The predicted octanol–water partition coefficient (Wildman–Crippen LogP) is 3.26. The number of pyridine rings is 2. The number of nitrogens with zero attached hydrogens (tertiary/aromatic N) is 4. The molecule has 0 saturated carbocycles. The molecule has 1 unspecified atom stereocenters. The largest absolute Gasteiger partial charge is 0.365 e. The fourth-order valence-electron chi connectivity index (χ4n) is 4.03. The monoisotopic (exact) mass is 407 g/mol. The van der Waals surface area contributed by atoms with Crippen LogP contribution in [0.4, 0.5) is 5.82 Å². The third-order valence-corrected chi connectivity index (χ3v) is 5.50. The van der Waals surface area contributed by atoms with Crippen LogP contribution in [-0.4, -0.2) is 43.4 Å². The van der Waals surface area contributed by atoms with Gasteiger partial charge in [-0.05, 0) is 51.8 Å². The average Bonchev–Trinajstić information content (AvgIpc) is 3.06. The lowest BCUT2D eigenvalue weighted by Gasteiger charge is -2.33. The number of likely N-dealkylation sites (tertiary alicyclic amines) is 1. The van der Waals surface area contributed by atoms with Crippen LogP contribution in [0.1, 0.15) is 55.6 Å². The van der Waals surface area contributed by atoms with Gasteiger partial charge in [0.25, 0.3) is 11.5 Å². The minimum atomic E-state index is -0.175. The van der Waals surface area contributed by atoms with Crippen LogP contribution in [0.25, 0.3) is 5.65 Å². The molecule has 1 atom stereocenters. The minimum absolute atomic E-state index is 0.0912. The van der Waals surface area contributed by atoms with Gasteiger partial charge in [-0.2, -0.15) is 0 Å². The summed E-state index contributed by atoms with van der Waals surface area (Å²) in [6.45, 7) is 7.68. The van der Waals surface area contributed by atoms with E-state index in [-0.39, 0.29) is 22.9 Å². The summed E-state index contributed by atoms with van der Waals surface area (Å²) in [5, 5.41) is 3.61. The predicted molar refractivity (Wildman–Crippen MR) is 118 cm³/mol. The van der Waals surface area contributed by atoms with Gasteiger partial charge in [0.05, 0.1) is 5.69 Å². The number of rotatable bonds is 3. The Morgan fingerprint density at radius 3 is 2.73 bits per heavy atom. The molecule has 4 heterocycles. The second kappa shape index (κ2) is 7.63. The van der Waals surface area contributed by atoms with Crippen molar-refractivity contribution in [3.63, 3.8) is 0 Å². The summed E-state index contributed by atoms with van der Waals surface area (Å²) in [4.78, 5) is 31.8. The van der Waals surface area contributed by atoms with Crippen molar-refractivity contribution < 1.29 is 4.79 Å². The number of imidazole rings is 1. The molecule has 158 valence electrons. The molecule has 4 rings (SSSR count). The van der Waals surface area contributed by atoms with E-state index in [0.29, 0.717) is 18.7 Å². The van der Waals surface area contributed by atoms with Crippen molar-refractivity contribution >= 4 is 17.4 Å². The van der Waals surface area contributed by atoms with Gasteiger partial charge in [0.15, 0.2) is 0 Å². The molecule has 3 aromatic rings. The van der Waals surface area contributed by atoms with Crippen LogP contribution < -0.4 is 10.9 Å². The van der Waals surface area contributed by atoms with Crippen LogP contribution in [0.3, 0.4) is 0 Å². The van der Waals surface area contributed by atoms with E-state index in [1.165, 1.54) is 10.6 Å². The lowest BCUT2D eigenvalue weighted by atomic mass is 9.93. The lowest BCUT2D eigenvalue weighted by molar-refractivity contribution is 0.0706. The van der Waals surface area contributed by atoms with E-state index in [9.17, 15) is 9.59 Å². The lowest BCUT2D eigenvalue weighted by Crippen LogP contribution is -2.40. The van der Waals surface area contributed by atoms with Gasteiger partial charge in [-0.3, -0.25) is 14.0 Å². The third-order valence-electron chi connectivity index (χ3n) is 5.50. The molecule has 3 aromatic heterocycles. The Morgan fingerprint density at radius 1 is 1.20 bits per heavy atom. The maximum Gasteiger partial charge on any atom is 0.254 e. The number of aryl methyl sites for hydroxylation is 1. The topological polar surface area (TPSA) is 71.6 Å². The maximum atomic E-state index is 13.1. The molecule has 30 heavy (non-hydrogen) atoms. The second-order valence-corrected chi connectivity index (χ2v) is 9.10. The molecule has 0 aliphatic carbocycles. The Morgan fingerprint density at radius 2 is 2.00 bits per heavy atom. The summed E-state index contributed by atoms with van der Waals surface area (Å²) in [5.41, 5.74) is 2.05. The molecule has 1 aliphatic rings. The minimum Gasteiger partial charge on any atom is -0.365 e. The number of fused-ring (bicyclic) bond motifs is 1. The number of piperidine rings is 1. The van der Waals surface area contributed by atoms with E-state index in [4.69, 9.17) is 4.98 Å². The number of amides is 1. The van der Waals surface area contributed by atoms with E-state index in [0.717, 1.165) is 30.0 Å². The zero-order valence-corrected chi connectivity index (χ0v) is 18.1. The Labute approximate surface area is 176 Å². The number of carbonyl (C=O) groups excluding carboxylic acids is 1. The molecule has 1 amide bonds. The fourth-order valence-corrected chi connectivity index (χ4v) is 4.03. The SMILES string of the molecule is Cn1ccc(C(=O)N2CCCC(c3nc4ccccn4c3NC(C)(C)C)C2)cc1=O. The van der Waals surface area contributed by atoms with Gasteiger partial charge in [-0.25, -0.2) is 4.98 Å². The number of nitrogens with one attached hydrogen (secondary N) is 1. The van der Waals surface area contributed by atoms with E-state index < -0.39 is 0 Å². The first-order valence-electron chi connectivity index (χ1n) is 10.4. The average molecular weight is 408 g/mol. The van der Waals surface area contributed by atoms with Gasteiger partial charge in [0.1, 0.15) is 11.5 Å². The molecular formula is C23H29N5O2. The van der Waals surface area contributed by atoms with E-state index >= 15 is 0 Å². The van der Waals surface area contributed by atoms with Crippen LogP contribution in [0.15, 0.2) is 47.5 Å². The first-order chi connectivity index (χ1) is 14.2. The van der Waals surface area contributed by atoms with Crippen molar-refractivity contribution in [1.29, 1.82) is 0 Å². The van der Waals surface area contributed by atoms with Gasteiger partial charge in [-0.1, -0.05) is 6.07 Å². The maximum absolute atomic E-state index is 13.1. The number of hydrogen-bond acceptors (Lipinski definition) is 4. The van der Waals surface area contributed by atoms with Crippen LogP contribution in [0.2, 0.25) is 0 Å². The molecule has 1 saturated heterocycles.